The smallest absolute Gasteiger partial charge is 0.195 e. The van der Waals surface area contributed by atoms with Crippen molar-refractivity contribution in [3.05, 3.63) is 69.2 Å². The van der Waals surface area contributed by atoms with Crippen LogP contribution in [0, 0.1) is 17.3 Å². The standard InChI is InChI=1S/C30H37INS/c1-6-29-11-12-30(29,21(5)31)28-20(4)13-19(3)14-24(28)25-16-27-23(17-32(25)29)15-26(33-27)22-9-7-18(2)8-10-22/h7,9-13,17-19,21,25-26H,6,8,14-16H2,1-5H3/q+1/t18-,19?,21?,25?,26?,29?,30?/m0/s1. The van der Waals surface area contributed by atoms with Gasteiger partial charge in [0.1, 0.15) is 0 Å². The minimum Gasteiger partial charge on any atom is -0.218 e. The summed E-state index contributed by atoms with van der Waals surface area (Å²) in [4.78, 5) is 1.67. The molecule has 0 spiro atoms. The van der Waals surface area contributed by atoms with Crippen molar-refractivity contribution in [1.82, 2.24) is 0 Å². The molecule has 6 unspecified atom stereocenters. The van der Waals surface area contributed by atoms with Crippen molar-refractivity contribution in [2.24, 2.45) is 17.3 Å². The first-order valence-corrected chi connectivity index (χ1v) is 15.1. The molecule has 0 saturated heterocycles. The van der Waals surface area contributed by atoms with Gasteiger partial charge in [-0.15, -0.1) is 11.8 Å². The lowest BCUT2D eigenvalue weighted by atomic mass is 9.49. The fraction of sp³-hybridized carbons (Fsp3) is 0.567. The van der Waals surface area contributed by atoms with Gasteiger partial charge in [0, 0.05) is 38.1 Å². The highest BCUT2D eigenvalue weighted by Crippen LogP contribution is 2.65. The molecule has 0 fully saturated rings. The maximum atomic E-state index is 2.86. The van der Waals surface area contributed by atoms with Crippen LogP contribution >= 0.6 is 34.4 Å². The van der Waals surface area contributed by atoms with Gasteiger partial charge >= 0.3 is 0 Å². The molecular formula is C30H37INS+. The minimum absolute atomic E-state index is 0.119. The predicted octanol–water partition coefficient (Wildman–Crippen LogP) is 7.95. The van der Waals surface area contributed by atoms with E-state index in [1.54, 1.807) is 32.8 Å². The zero-order chi connectivity index (χ0) is 23.1. The lowest BCUT2D eigenvalue weighted by Crippen LogP contribution is -2.69. The van der Waals surface area contributed by atoms with Gasteiger partial charge in [0.15, 0.2) is 17.8 Å². The lowest BCUT2D eigenvalue weighted by Gasteiger charge is -2.59. The topological polar surface area (TPSA) is 3.01 Å². The summed E-state index contributed by atoms with van der Waals surface area (Å²) in [5, 5.41) is 0.611. The normalized spacial score (nSPS) is 41.9. The number of nitrogens with zero attached hydrogens (tertiary/aromatic N) is 1. The van der Waals surface area contributed by atoms with Crippen LogP contribution in [0.1, 0.15) is 66.7 Å². The monoisotopic (exact) mass is 570 g/mol. The largest absolute Gasteiger partial charge is 0.218 e. The first-order valence-electron chi connectivity index (χ1n) is 13.0. The molecule has 7 atom stereocenters. The van der Waals surface area contributed by atoms with Crippen molar-refractivity contribution in [2.75, 3.05) is 0 Å². The summed E-state index contributed by atoms with van der Waals surface area (Å²) >= 11 is 4.90. The fourth-order valence-corrected chi connectivity index (χ4v) is 10.3. The Morgan fingerprint density at radius 3 is 2.64 bits per heavy atom. The van der Waals surface area contributed by atoms with Gasteiger partial charge in [-0.05, 0) is 55.2 Å². The van der Waals surface area contributed by atoms with Crippen molar-refractivity contribution in [2.45, 2.75) is 87.5 Å². The Hall–Kier alpha value is -0.810. The Kier molecular flexibility index (Phi) is 5.38. The third kappa shape index (κ3) is 3.00. The highest BCUT2D eigenvalue weighted by Gasteiger charge is 2.70. The van der Waals surface area contributed by atoms with Crippen molar-refractivity contribution < 1.29 is 4.58 Å². The van der Waals surface area contributed by atoms with Crippen molar-refractivity contribution >= 4 is 40.6 Å². The zero-order valence-electron chi connectivity index (χ0n) is 20.7. The summed E-state index contributed by atoms with van der Waals surface area (Å²) in [5.74, 6) is 1.33. The van der Waals surface area contributed by atoms with Crippen LogP contribution in [0.3, 0.4) is 0 Å². The molecule has 174 valence electrons. The number of allylic oxidation sites excluding steroid dienone is 6. The molecule has 0 aromatic carbocycles. The third-order valence-electron chi connectivity index (χ3n) is 9.35. The Morgan fingerprint density at radius 2 is 2.00 bits per heavy atom. The SMILES string of the molecule is CCC12C=CC1(C(C)I)C1=C(CC(C)C=C1C)C1CC3=C(C=[N+]12)CC(C1=CC[C@@H](C)C=C1)S3. The van der Waals surface area contributed by atoms with E-state index in [9.17, 15) is 0 Å². The van der Waals surface area contributed by atoms with Crippen LogP contribution in [-0.2, 0) is 0 Å². The van der Waals surface area contributed by atoms with Crippen LogP contribution in [0.2, 0.25) is 0 Å². The summed E-state index contributed by atoms with van der Waals surface area (Å²) < 4.78 is 3.43. The first kappa shape index (κ1) is 22.6. The molecule has 0 aromatic heterocycles. The van der Waals surface area contributed by atoms with Gasteiger partial charge < -0.3 is 0 Å². The number of hydrogen-bond acceptors (Lipinski definition) is 1. The van der Waals surface area contributed by atoms with Gasteiger partial charge in [0.2, 0.25) is 0 Å². The van der Waals surface area contributed by atoms with E-state index in [1.165, 1.54) is 32.1 Å². The van der Waals surface area contributed by atoms with E-state index in [4.69, 9.17) is 0 Å². The van der Waals surface area contributed by atoms with Crippen molar-refractivity contribution in [3.63, 3.8) is 0 Å². The maximum Gasteiger partial charge on any atom is 0.195 e. The van der Waals surface area contributed by atoms with Crippen molar-refractivity contribution in [3.8, 4) is 0 Å². The molecule has 0 amide bonds. The van der Waals surface area contributed by atoms with Gasteiger partial charge in [-0.25, -0.2) is 4.58 Å². The summed E-state index contributed by atoms with van der Waals surface area (Å²) in [6.07, 6.45) is 23.7. The van der Waals surface area contributed by atoms with Crippen LogP contribution in [0.25, 0.3) is 0 Å². The number of fused-ring (bicyclic) bond motifs is 5. The Morgan fingerprint density at radius 1 is 1.18 bits per heavy atom. The first-order chi connectivity index (χ1) is 15.8. The van der Waals surface area contributed by atoms with Crippen LogP contribution in [0.5, 0.6) is 0 Å². The Bertz CT molecular complexity index is 1130. The quantitative estimate of drug-likeness (QED) is 0.144. The number of halogens is 1. The summed E-state index contributed by atoms with van der Waals surface area (Å²) in [6, 6.07) is 0.528. The van der Waals surface area contributed by atoms with Gasteiger partial charge in [-0.3, -0.25) is 0 Å². The van der Waals surface area contributed by atoms with E-state index in [1.807, 2.05) is 0 Å². The van der Waals surface area contributed by atoms with E-state index in [2.05, 4.69) is 116 Å². The molecule has 3 heteroatoms. The molecule has 0 N–H and O–H groups in total. The molecule has 6 rings (SSSR count). The number of rotatable bonds is 3. The molecule has 33 heavy (non-hydrogen) atoms. The minimum atomic E-state index is 0.119. The molecule has 0 radical (unpaired) electrons. The highest BCUT2D eigenvalue weighted by atomic mass is 127. The van der Waals surface area contributed by atoms with Crippen LogP contribution in [0.15, 0.2) is 69.2 Å². The van der Waals surface area contributed by atoms with E-state index in [-0.39, 0.29) is 11.0 Å². The van der Waals surface area contributed by atoms with E-state index in [0.717, 1.165) is 0 Å². The Balaban J connectivity index is 1.45. The van der Waals surface area contributed by atoms with Crippen LogP contribution in [0.4, 0.5) is 0 Å². The second kappa shape index (κ2) is 7.85. The molecule has 1 nitrogen and oxygen atoms in total. The van der Waals surface area contributed by atoms with Crippen molar-refractivity contribution in [1.29, 1.82) is 0 Å². The predicted molar refractivity (Wildman–Crippen MR) is 151 cm³/mol. The second-order valence-corrected chi connectivity index (χ2v) is 14.5. The molecule has 0 bridgehead atoms. The molecule has 0 saturated carbocycles. The van der Waals surface area contributed by atoms with Crippen LogP contribution in [-0.4, -0.2) is 31.5 Å². The number of alkyl halides is 1. The van der Waals surface area contributed by atoms with E-state index < -0.39 is 0 Å². The molecular weight excluding hydrogens is 533 g/mol. The zero-order valence-corrected chi connectivity index (χ0v) is 23.7. The van der Waals surface area contributed by atoms with Gasteiger partial charge in [-0.1, -0.05) is 86.2 Å². The maximum absolute atomic E-state index is 2.86. The van der Waals surface area contributed by atoms with E-state index in [0.29, 0.717) is 27.1 Å². The number of thioether (sulfide) groups is 1. The summed E-state index contributed by atoms with van der Waals surface area (Å²) in [5.41, 5.74) is 8.45. The van der Waals surface area contributed by atoms with Gasteiger partial charge in [-0.2, -0.15) is 0 Å². The molecule has 6 aliphatic rings. The molecule has 3 aliphatic heterocycles. The number of hydrogen-bond donors (Lipinski definition) is 0. The average Bonchev–Trinajstić information content (AvgIpc) is 3.17. The highest BCUT2D eigenvalue weighted by molar-refractivity contribution is 14.1. The molecule has 3 heterocycles. The Labute approximate surface area is 218 Å². The third-order valence-corrected chi connectivity index (χ3v) is 11.8. The van der Waals surface area contributed by atoms with E-state index >= 15 is 0 Å². The molecule has 3 aliphatic carbocycles. The molecule has 0 aromatic rings. The van der Waals surface area contributed by atoms with Gasteiger partial charge in [0.05, 0.1) is 5.41 Å². The second-order valence-electron chi connectivity index (χ2n) is 11.3. The van der Waals surface area contributed by atoms with Gasteiger partial charge in [0.25, 0.3) is 0 Å². The summed E-state index contributed by atoms with van der Waals surface area (Å²) in [6.45, 7) is 12.0. The fourth-order valence-electron chi connectivity index (χ4n) is 7.78. The average molecular weight is 571 g/mol. The van der Waals surface area contributed by atoms with Crippen LogP contribution < -0.4 is 0 Å². The lowest BCUT2D eigenvalue weighted by molar-refractivity contribution is -0.642. The summed E-state index contributed by atoms with van der Waals surface area (Å²) in [7, 11) is 0.